The molecule has 1 saturated heterocycles. The topological polar surface area (TPSA) is 52.1 Å². The summed E-state index contributed by atoms with van der Waals surface area (Å²) in [5, 5.41) is 6.96. The molecule has 1 aromatic rings. The van der Waals surface area contributed by atoms with E-state index in [4.69, 9.17) is 4.74 Å². The average molecular weight is 503 g/mol. The standard InChI is InChI=1S/C21H37N5O.HI/c1-17(2)20(26-14-12-25(4)13-15-26)16-24-21(22-3)23-11-10-18-6-8-19(27-5)9-7-18;/h6-9,17,20H,10-16H2,1-5H3,(H2,22,23,24);1H. The third-order valence-electron chi connectivity index (χ3n) is 5.34. The van der Waals surface area contributed by atoms with Crippen molar-refractivity contribution in [3.05, 3.63) is 29.8 Å². The molecule has 160 valence electrons. The lowest BCUT2D eigenvalue weighted by atomic mass is 10.0. The van der Waals surface area contributed by atoms with E-state index in [2.05, 4.69) is 58.5 Å². The predicted octanol–water partition coefficient (Wildman–Crippen LogP) is 2.29. The number of rotatable bonds is 8. The molecule has 0 spiro atoms. The zero-order valence-corrected chi connectivity index (χ0v) is 20.4. The molecule has 7 heteroatoms. The Morgan fingerprint density at radius 1 is 1.11 bits per heavy atom. The van der Waals surface area contributed by atoms with Crippen LogP contribution in [0.25, 0.3) is 0 Å². The minimum atomic E-state index is 0. The number of hydrogen-bond acceptors (Lipinski definition) is 4. The van der Waals surface area contributed by atoms with E-state index in [1.165, 1.54) is 5.56 Å². The van der Waals surface area contributed by atoms with Gasteiger partial charge in [0.2, 0.25) is 0 Å². The van der Waals surface area contributed by atoms with Gasteiger partial charge < -0.3 is 20.3 Å². The molecular formula is C21H38IN5O. The Labute approximate surface area is 188 Å². The van der Waals surface area contributed by atoms with Crippen molar-refractivity contribution >= 4 is 29.9 Å². The lowest BCUT2D eigenvalue weighted by Crippen LogP contribution is -2.55. The molecule has 0 radical (unpaired) electrons. The summed E-state index contributed by atoms with van der Waals surface area (Å²) in [7, 11) is 5.73. The van der Waals surface area contributed by atoms with Crippen LogP contribution in [0.4, 0.5) is 0 Å². The molecule has 1 aromatic carbocycles. The van der Waals surface area contributed by atoms with E-state index < -0.39 is 0 Å². The summed E-state index contributed by atoms with van der Waals surface area (Å²) < 4.78 is 5.21. The molecule has 1 aliphatic rings. The van der Waals surface area contributed by atoms with Gasteiger partial charge in [0.1, 0.15) is 5.75 Å². The highest BCUT2D eigenvalue weighted by Gasteiger charge is 2.24. The molecule has 0 amide bonds. The quantitative estimate of drug-likeness (QED) is 0.324. The summed E-state index contributed by atoms with van der Waals surface area (Å²) in [6.45, 7) is 11.0. The molecule has 1 atom stereocenters. The maximum Gasteiger partial charge on any atom is 0.191 e. The van der Waals surface area contributed by atoms with Crippen molar-refractivity contribution in [3.63, 3.8) is 0 Å². The first kappa shape index (κ1) is 25.0. The Hall–Kier alpha value is -1.06. The van der Waals surface area contributed by atoms with E-state index in [1.807, 2.05) is 19.2 Å². The molecule has 0 aromatic heterocycles. The number of benzene rings is 1. The van der Waals surface area contributed by atoms with Crippen LogP contribution < -0.4 is 15.4 Å². The van der Waals surface area contributed by atoms with Gasteiger partial charge in [-0.1, -0.05) is 26.0 Å². The van der Waals surface area contributed by atoms with Crippen LogP contribution in [-0.2, 0) is 6.42 Å². The number of hydrogen-bond donors (Lipinski definition) is 2. The Kier molecular flexibility index (Phi) is 11.8. The van der Waals surface area contributed by atoms with Gasteiger partial charge in [0.25, 0.3) is 0 Å². The zero-order valence-electron chi connectivity index (χ0n) is 18.1. The number of ether oxygens (including phenoxy) is 1. The Bertz CT molecular complexity index is 571. The van der Waals surface area contributed by atoms with Gasteiger partial charge in [-0.05, 0) is 37.1 Å². The van der Waals surface area contributed by atoms with Crippen LogP contribution in [0, 0.1) is 5.92 Å². The van der Waals surface area contributed by atoms with Gasteiger partial charge >= 0.3 is 0 Å². The van der Waals surface area contributed by atoms with Gasteiger partial charge in [0, 0.05) is 52.4 Å². The van der Waals surface area contributed by atoms with Crippen molar-refractivity contribution in [2.75, 3.05) is 60.5 Å². The van der Waals surface area contributed by atoms with Gasteiger partial charge in [-0.25, -0.2) is 0 Å². The number of piperazine rings is 1. The average Bonchev–Trinajstić information content (AvgIpc) is 2.68. The summed E-state index contributed by atoms with van der Waals surface area (Å²) in [5.41, 5.74) is 1.29. The number of halogens is 1. The lowest BCUT2D eigenvalue weighted by molar-refractivity contribution is 0.0900. The first-order valence-electron chi connectivity index (χ1n) is 10.0. The first-order chi connectivity index (χ1) is 13.0. The molecule has 28 heavy (non-hydrogen) atoms. The monoisotopic (exact) mass is 503 g/mol. The first-order valence-corrected chi connectivity index (χ1v) is 10.0. The molecule has 2 N–H and O–H groups in total. The van der Waals surface area contributed by atoms with E-state index in [-0.39, 0.29) is 24.0 Å². The number of guanidine groups is 1. The van der Waals surface area contributed by atoms with Crippen molar-refractivity contribution in [3.8, 4) is 5.75 Å². The highest BCUT2D eigenvalue weighted by molar-refractivity contribution is 14.0. The van der Waals surface area contributed by atoms with Crippen LogP contribution in [0.15, 0.2) is 29.3 Å². The van der Waals surface area contributed by atoms with E-state index in [0.717, 1.165) is 57.4 Å². The SMILES string of the molecule is CN=C(NCCc1ccc(OC)cc1)NCC(C(C)C)N1CCN(C)CC1.I. The number of aliphatic imine (C=N–C) groups is 1. The van der Waals surface area contributed by atoms with Crippen molar-refractivity contribution in [2.24, 2.45) is 10.9 Å². The minimum absolute atomic E-state index is 0. The molecule has 6 nitrogen and oxygen atoms in total. The summed E-state index contributed by atoms with van der Waals surface area (Å²) >= 11 is 0. The summed E-state index contributed by atoms with van der Waals surface area (Å²) in [6, 6.07) is 8.76. The van der Waals surface area contributed by atoms with Crippen molar-refractivity contribution in [2.45, 2.75) is 26.3 Å². The fraction of sp³-hybridized carbons (Fsp3) is 0.667. The highest BCUT2D eigenvalue weighted by atomic mass is 127. The van der Waals surface area contributed by atoms with E-state index in [9.17, 15) is 0 Å². The predicted molar refractivity (Wildman–Crippen MR) is 129 cm³/mol. The summed E-state index contributed by atoms with van der Waals surface area (Å²) in [5.74, 6) is 2.38. The maximum absolute atomic E-state index is 5.21. The molecule has 1 fully saturated rings. The maximum atomic E-state index is 5.21. The molecule has 0 saturated carbocycles. The normalized spacial score (nSPS) is 17.1. The summed E-state index contributed by atoms with van der Waals surface area (Å²) in [6.07, 6.45) is 0.955. The minimum Gasteiger partial charge on any atom is -0.497 e. The van der Waals surface area contributed by atoms with Gasteiger partial charge in [-0.3, -0.25) is 9.89 Å². The van der Waals surface area contributed by atoms with Crippen LogP contribution in [0.2, 0.25) is 0 Å². The molecule has 1 unspecified atom stereocenters. The van der Waals surface area contributed by atoms with Gasteiger partial charge in [0.05, 0.1) is 7.11 Å². The fourth-order valence-electron chi connectivity index (χ4n) is 3.48. The van der Waals surface area contributed by atoms with Crippen LogP contribution in [0.3, 0.4) is 0 Å². The Morgan fingerprint density at radius 3 is 2.29 bits per heavy atom. The van der Waals surface area contributed by atoms with Gasteiger partial charge in [-0.2, -0.15) is 0 Å². The molecular weight excluding hydrogens is 465 g/mol. The fourth-order valence-corrected chi connectivity index (χ4v) is 3.48. The second kappa shape index (κ2) is 13.2. The third kappa shape index (κ3) is 8.13. The van der Waals surface area contributed by atoms with Crippen molar-refractivity contribution < 1.29 is 4.74 Å². The lowest BCUT2D eigenvalue weighted by Gasteiger charge is -2.40. The Morgan fingerprint density at radius 2 is 1.75 bits per heavy atom. The van der Waals surface area contributed by atoms with Crippen molar-refractivity contribution in [1.29, 1.82) is 0 Å². The van der Waals surface area contributed by atoms with Crippen LogP contribution in [0.5, 0.6) is 5.75 Å². The molecule has 2 rings (SSSR count). The zero-order chi connectivity index (χ0) is 19.6. The second-order valence-electron chi connectivity index (χ2n) is 7.63. The van der Waals surface area contributed by atoms with Crippen LogP contribution in [0.1, 0.15) is 19.4 Å². The van der Waals surface area contributed by atoms with E-state index in [1.54, 1.807) is 7.11 Å². The number of nitrogens with zero attached hydrogens (tertiary/aromatic N) is 3. The van der Waals surface area contributed by atoms with Gasteiger partial charge in [0.15, 0.2) is 5.96 Å². The van der Waals surface area contributed by atoms with E-state index >= 15 is 0 Å². The smallest absolute Gasteiger partial charge is 0.191 e. The number of nitrogens with one attached hydrogen (secondary N) is 2. The third-order valence-corrected chi connectivity index (χ3v) is 5.34. The largest absolute Gasteiger partial charge is 0.497 e. The van der Waals surface area contributed by atoms with E-state index in [0.29, 0.717) is 12.0 Å². The molecule has 0 aliphatic carbocycles. The second-order valence-corrected chi connectivity index (χ2v) is 7.63. The van der Waals surface area contributed by atoms with Gasteiger partial charge in [-0.15, -0.1) is 24.0 Å². The number of likely N-dealkylation sites (N-methyl/N-ethyl adjacent to an activating group) is 1. The molecule has 1 heterocycles. The molecule has 1 aliphatic heterocycles. The molecule has 0 bridgehead atoms. The Balaban J connectivity index is 0.00000392. The number of methoxy groups -OCH3 is 1. The highest BCUT2D eigenvalue weighted by Crippen LogP contribution is 2.13. The summed E-state index contributed by atoms with van der Waals surface area (Å²) in [4.78, 5) is 9.40. The van der Waals surface area contributed by atoms with Crippen LogP contribution in [-0.4, -0.2) is 82.3 Å². The van der Waals surface area contributed by atoms with Crippen LogP contribution >= 0.6 is 24.0 Å². The van der Waals surface area contributed by atoms with Crippen molar-refractivity contribution in [1.82, 2.24) is 20.4 Å².